The summed E-state index contributed by atoms with van der Waals surface area (Å²) in [6, 6.07) is 0. The van der Waals surface area contributed by atoms with Crippen molar-refractivity contribution in [1.82, 2.24) is 30.1 Å². The van der Waals surface area contributed by atoms with Crippen LogP contribution in [0.2, 0.25) is 0 Å². The second-order valence-electron chi connectivity index (χ2n) is 15.3. The van der Waals surface area contributed by atoms with Crippen molar-refractivity contribution in [2.24, 2.45) is 34.3 Å². The van der Waals surface area contributed by atoms with Gasteiger partial charge in [0.05, 0.1) is 39.0 Å². The molecule has 3 unspecified atom stereocenters. The van der Waals surface area contributed by atoms with E-state index in [0.717, 1.165) is 38.5 Å². The molecule has 0 aliphatic heterocycles. The Labute approximate surface area is 295 Å². The Kier molecular flexibility index (Phi) is 12.2. The highest BCUT2D eigenvalue weighted by Crippen LogP contribution is 2.69. The quantitative estimate of drug-likeness (QED) is 0.201. The number of nitrogens with one attached hydrogen (secondary N) is 1. The first-order chi connectivity index (χ1) is 23.9. The normalized spacial score (nSPS) is 30.2. The first kappa shape index (κ1) is 38.0. The summed E-state index contributed by atoms with van der Waals surface area (Å²) in [6.45, 7) is 6.22. The highest BCUT2D eigenvalue weighted by molar-refractivity contribution is 5.91. The fourth-order valence-electron chi connectivity index (χ4n) is 9.70. The van der Waals surface area contributed by atoms with Gasteiger partial charge in [0.2, 0.25) is 17.7 Å². The van der Waals surface area contributed by atoms with Crippen molar-refractivity contribution in [3.63, 3.8) is 0 Å². The molecule has 0 aromatic carbocycles. The van der Waals surface area contributed by atoms with Crippen molar-refractivity contribution < 1.29 is 33.8 Å². The maximum Gasteiger partial charge on any atom is 0.242 e. The number of amides is 3. The zero-order valence-corrected chi connectivity index (χ0v) is 30.3. The minimum Gasteiger partial charge on any atom is -0.383 e. The zero-order chi connectivity index (χ0) is 36.1. The Balaban J connectivity index is 1.12. The first-order valence-corrected chi connectivity index (χ1v) is 18.3. The minimum absolute atomic E-state index is 0.0295. The molecular formula is C36H57N7O7. The number of ether oxygens (including phenoxy) is 2. The number of rotatable bonds is 17. The van der Waals surface area contributed by atoms with Crippen LogP contribution in [0.25, 0.3) is 0 Å². The molecule has 14 nitrogen and oxygen atoms in total. The molecule has 0 spiro atoms. The Hall–Kier alpha value is -3.20. The Morgan fingerprint density at radius 2 is 1.70 bits per heavy atom. The Bertz CT molecular complexity index is 1430. The van der Waals surface area contributed by atoms with Crippen molar-refractivity contribution in [3.05, 3.63) is 23.5 Å². The number of carbonyl (C=O) groups excluding carboxylic acids is 4. The van der Waals surface area contributed by atoms with E-state index in [4.69, 9.17) is 15.2 Å². The average molecular weight is 700 g/mol. The third-order valence-corrected chi connectivity index (χ3v) is 12.6. The van der Waals surface area contributed by atoms with E-state index in [1.807, 2.05) is 12.3 Å². The molecule has 50 heavy (non-hydrogen) atoms. The van der Waals surface area contributed by atoms with Gasteiger partial charge in [0.25, 0.3) is 0 Å². The number of methoxy groups -OCH3 is 2. The lowest BCUT2D eigenvalue weighted by molar-refractivity contribution is -0.142. The van der Waals surface area contributed by atoms with Crippen LogP contribution in [0, 0.1) is 28.6 Å². The fraction of sp³-hybridized carbons (Fsp3) is 0.778. The van der Waals surface area contributed by atoms with Crippen LogP contribution < -0.4 is 11.1 Å². The number of nitrogens with zero attached hydrogens (tertiary/aromatic N) is 5. The van der Waals surface area contributed by atoms with Crippen LogP contribution in [0.1, 0.15) is 77.3 Å². The maximum atomic E-state index is 13.0. The van der Waals surface area contributed by atoms with E-state index in [9.17, 15) is 24.3 Å². The number of ketones is 1. The summed E-state index contributed by atoms with van der Waals surface area (Å²) in [7, 11) is 3.02. The Morgan fingerprint density at radius 3 is 2.40 bits per heavy atom. The molecule has 0 radical (unpaired) electrons. The van der Waals surface area contributed by atoms with E-state index in [0.29, 0.717) is 55.8 Å². The molecule has 0 bridgehead atoms. The lowest BCUT2D eigenvalue weighted by Gasteiger charge is -2.59. The molecule has 1 heterocycles. The van der Waals surface area contributed by atoms with Crippen molar-refractivity contribution in [1.29, 1.82) is 0 Å². The van der Waals surface area contributed by atoms with Crippen molar-refractivity contribution in [3.8, 4) is 0 Å². The predicted octanol–water partition coefficient (Wildman–Crippen LogP) is 1.41. The zero-order valence-electron chi connectivity index (χ0n) is 30.3. The molecule has 1 aromatic heterocycles. The van der Waals surface area contributed by atoms with Gasteiger partial charge in [-0.15, -0.1) is 5.10 Å². The van der Waals surface area contributed by atoms with Gasteiger partial charge in [-0.3, -0.25) is 23.9 Å². The smallest absolute Gasteiger partial charge is 0.242 e. The summed E-state index contributed by atoms with van der Waals surface area (Å²) < 4.78 is 11.9. The van der Waals surface area contributed by atoms with E-state index in [1.165, 1.54) is 29.6 Å². The molecule has 3 saturated carbocycles. The number of nitrogens with two attached hydrogens (primary N) is 1. The average Bonchev–Trinajstić information content (AvgIpc) is 3.67. The molecule has 3 fully saturated rings. The summed E-state index contributed by atoms with van der Waals surface area (Å²) in [5.74, 6) is 0.471. The lowest BCUT2D eigenvalue weighted by atomic mass is 9.46. The predicted molar refractivity (Wildman–Crippen MR) is 184 cm³/mol. The third kappa shape index (κ3) is 7.68. The van der Waals surface area contributed by atoms with Crippen LogP contribution in [0.3, 0.4) is 0 Å². The standard InChI is InChI=1S/C36H57N7O7/c1-34-11-8-26(44)20-25(34)6-7-27-28(34)9-12-35(2)29(27)10-13-36(35,48)30-22-43(40-39-30)15-5-14-38-21-32(46)42(17-19-50-4)24-33(47)41(16-18-49-3)23-31(37)45/h20,22,27-29,38,48H,5-19,21,23-24H2,1-4H3,(H2,37,45)/t27?,28?,29?,34-,35-,36+/m0/s1. The van der Waals surface area contributed by atoms with Gasteiger partial charge in [0.15, 0.2) is 5.78 Å². The number of carbonyl (C=O) groups is 4. The van der Waals surface area contributed by atoms with Gasteiger partial charge in [-0.1, -0.05) is 24.6 Å². The molecule has 4 N–H and O–H groups in total. The van der Waals surface area contributed by atoms with Crippen LogP contribution >= 0.6 is 0 Å². The summed E-state index contributed by atoms with van der Waals surface area (Å²) >= 11 is 0. The summed E-state index contributed by atoms with van der Waals surface area (Å²) in [4.78, 5) is 52.3. The molecule has 4 aliphatic carbocycles. The van der Waals surface area contributed by atoms with Crippen LogP contribution in [-0.2, 0) is 40.8 Å². The number of hydrogen-bond acceptors (Lipinski definition) is 10. The number of allylic oxidation sites excluding steroid dienone is 1. The second kappa shape index (κ2) is 16.0. The van der Waals surface area contributed by atoms with Gasteiger partial charge in [0.1, 0.15) is 11.3 Å². The van der Waals surface area contributed by atoms with Crippen LogP contribution in [-0.4, -0.2) is 120 Å². The molecule has 5 rings (SSSR count). The molecule has 1 aromatic rings. The van der Waals surface area contributed by atoms with Crippen molar-refractivity contribution in [2.45, 2.75) is 83.8 Å². The van der Waals surface area contributed by atoms with Gasteiger partial charge < -0.3 is 35.4 Å². The number of aryl methyl sites for hydroxylation is 1. The van der Waals surface area contributed by atoms with E-state index in [2.05, 4.69) is 29.5 Å². The fourth-order valence-corrected chi connectivity index (χ4v) is 9.70. The number of fused-ring (bicyclic) bond motifs is 5. The topological polar surface area (TPSA) is 182 Å². The highest BCUT2D eigenvalue weighted by Gasteiger charge is 2.65. The van der Waals surface area contributed by atoms with Gasteiger partial charge in [-0.25, -0.2) is 0 Å². The van der Waals surface area contributed by atoms with E-state index in [1.54, 1.807) is 4.68 Å². The molecule has 14 heteroatoms. The van der Waals surface area contributed by atoms with Crippen LogP contribution in [0.4, 0.5) is 0 Å². The van der Waals surface area contributed by atoms with Crippen molar-refractivity contribution in [2.75, 3.05) is 66.7 Å². The number of primary amides is 1. The molecule has 0 saturated heterocycles. The van der Waals surface area contributed by atoms with Crippen LogP contribution in [0.5, 0.6) is 0 Å². The SMILES string of the molecule is COCCN(CC(N)=O)C(=O)CN(CCOC)C(=O)CNCCCn1cc([C@]2(O)CCC3C4CCC5=CC(=O)CC[C@]5(C)C4CC[C@@]32C)nn1. The molecular weight excluding hydrogens is 642 g/mol. The molecule has 6 atom stereocenters. The third-order valence-electron chi connectivity index (χ3n) is 12.6. The van der Waals surface area contributed by atoms with Gasteiger partial charge in [-0.2, -0.15) is 0 Å². The molecule has 4 aliphatic rings. The summed E-state index contributed by atoms with van der Waals surface area (Å²) in [6.07, 6.45) is 11.8. The summed E-state index contributed by atoms with van der Waals surface area (Å²) in [5, 5.41) is 24.4. The largest absolute Gasteiger partial charge is 0.383 e. The second-order valence-corrected chi connectivity index (χ2v) is 15.3. The monoisotopic (exact) mass is 699 g/mol. The van der Waals surface area contributed by atoms with Gasteiger partial charge in [0, 0.05) is 45.7 Å². The molecule has 3 amide bonds. The van der Waals surface area contributed by atoms with E-state index in [-0.39, 0.29) is 68.5 Å². The minimum atomic E-state index is -1.04. The highest BCUT2D eigenvalue weighted by atomic mass is 16.5. The Morgan fingerprint density at radius 1 is 1.00 bits per heavy atom. The first-order valence-electron chi connectivity index (χ1n) is 18.3. The number of hydrogen-bond donors (Lipinski definition) is 3. The van der Waals surface area contributed by atoms with Crippen LogP contribution in [0.15, 0.2) is 17.8 Å². The number of aliphatic hydroxyl groups is 1. The lowest BCUT2D eigenvalue weighted by Crippen LogP contribution is -2.53. The summed E-state index contributed by atoms with van der Waals surface area (Å²) in [5.41, 5.74) is 6.09. The van der Waals surface area contributed by atoms with E-state index < -0.39 is 17.4 Å². The number of aromatic nitrogens is 3. The van der Waals surface area contributed by atoms with Crippen molar-refractivity contribution >= 4 is 23.5 Å². The van der Waals surface area contributed by atoms with Gasteiger partial charge >= 0.3 is 0 Å². The van der Waals surface area contributed by atoms with E-state index >= 15 is 0 Å². The van der Waals surface area contributed by atoms with Gasteiger partial charge in [-0.05, 0) is 87.2 Å². The molecule has 278 valence electrons. The maximum absolute atomic E-state index is 13.0.